The number of rotatable bonds is 6. The maximum absolute atomic E-state index is 12.6. The summed E-state index contributed by atoms with van der Waals surface area (Å²) in [5.74, 6) is 1.31. The van der Waals surface area contributed by atoms with Gasteiger partial charge in [0.25, 0.3) is 0 Å². The number of ether oxygens (including phenoxy) is 1. The van der Waals surface area contributed by atoms with Gasteiger partial charge in [-0.1, -0.05) is 29.3 Å². The van der Waals surface area contributed by atoms with Gasteiger partial charge in [-0.25, -0.2) is 9.78 Å². The molecule has 0 aliphatic carbocycles. The van der Waals surface area contributed by atoms with E-state index in [1.165, 1.54) is 18.4 Å². The standard InChI is InChI=1S/C24H31Cl2N5O2/c1-33-23-7-4-18(14-27-23)15-30-8-2-3-19(17-30)16-29-9-11-31(12-10-29)24(32)28-20-5-6-21(25)22(26)13-20/h4-7,13-14,19H,2-3,8-12,15-17H2,1H3,(H,28,32)/t19-/m0/s1. The van der Waals surface area contributed by atoms with Crippen LogP contribution >= 0.6 is 23.2 Å². The second-order valence-electron chi connectivity index (χ2n) is 8.80. The molecule has 2 aliphatic heterocycles. The largest absolute Gasteiger partial charge is 0.481 e. The smallest absolute Gasteiger partial charge is 0.321 e. The number of amides is 2. The molecule has 1 aromatic heterocycles. The lowest BCUT2D eigenvalue weighted by molar-refractivity contribution is 0.0984. The molecule has 2 aromatic rings. The van der Waals surface area contributed by atoms with Crippen LogP contribution in [0, 0.1) is 5.92 Å². The van der Waals surface area contributed by atoms with Gasteiger partial charge in [0, 0.05) is 63.8 Å². The number of urea groups is 1. The third kappa shape index (κ3) is 6.73. The first-order valence-electron chi connectivity index (χ1n) is 11.4. The summed E-state index contributed by atoms with van der Waals surface area (Å²) in [6.45, 7) is 7.48. The molecular formula is C24H31Cl2N5O2. The number of pyridine rings is 1. The molecule has 0 unspecified atom stereocenters. The number of piperazine rings is 1. The maximum atomic E-state index is 12.6. The molecule has 0 spiro atoms. The van der Waals surface area contributed by atoms with E-state index in [2.05, 4.69) is 26.2 Å². The fourth-order valence-electron chi connectivity index (χ4n) is 4.60. The zero-order chi connectivity index (χ0) is 23.2. The van der Waals surface area contributed by atoms with Crippen molar-refractivity contribution in [1.29, 1.82) is 0 Å². The molecule has 2 aliphatic rings. The van der Waals surface area contributed by atoms with Crippen molar-refractivity contribution in [3.63, 3.8) is 0 Å². The Labute approximate surface area is 205 Å². The molecule has 2 amide bonds. The Hall–Kier alpha value is -2.06. The van der Waals surface area contributed by atoms with E-state index < -0.39 is 0 Å². The summed E-state index contributed by atoms with van der Waals surface area (Å²) in [6.07, 6.45) is 4.39. The van der Waals surface area contributed by atoms with Crippen molar-refractivity contribution in [2.24, 2.45) is 5.92 Å². The van der Waals surface area contributed by atoms with Gasteiger partial charge in [0.1, 0.15) is 0 Å². The van der Waals surface area contributed by atoms with Crippen molar-refractivity contribution < 1.29 is 9.53 Å². The molecule has 1 N–H and O–H groups in total. The highest BCUT2D eigenvalue weighted by molar-refractivity contribution is 6.42. The SMILES string of the molecule is COc1ccc(CN2CCC[C@@H](CN3CCN(C(=O)Nc4ccc(Cl)c(Cl)c4)CC3)C2)cn1. The van der Waals surface area contributed by atoms with Crippen LogP contribution in [0.25, 0.3) is 0 Å². The number of nitrogens with zero attached hydrogens (tertiary/aromatic N) is 4. The van der Waals surface area contributed by atoms with Crippen LogP contribution in [0.3, 0.4) is 0 Å². The lowest BCUT2D eigenvalue weighted by Gasteiger charge is -2.39. The summed E-state index contributed by atoms with van der Waals surface area (Å²) in [6, 6.07) is 9.06. The van der Waals surface area contributed by atoms with Gasteiger partial charge in [-0.2, -0.15) is 0 Å². The van der Waals surface area contributed by atoms with Crippen LogP contribution in [0.15, 0.2) is 36.5 Å². The first-order valence-corrected chi connectivity index (χ1v) is 12.2. The first-order chi connectivity index (χ1) is 16.0. The minimum Gasteiger partial charge on any atom is -0.481 e. The van der Waals surface area contributed by atoms with Crippen LogP contribution in [0.1, 0.15) is 18.4 Å². The number of hydrogen-bond donors (Lipinski definition) is 1. The van der Waals surface area contributed by atoms with Gasteiger partial charge in [0.05, 0.1) is 17.2 Å². The summed E-state index contributed by atoms with van der Waals surface area (Å²) < 4.78 is 5.15. The molecule has 0 radical (unpaired) electrons. The van der Waals surface area contributed by atoms with E-state index >= 15 is 0 Å². The van der Waals surface area contributed by atoms with E-state index in [-0.39, 0.29) is 6.03 Å². The Morgan fingerprint density at radius 3 is 2.61 bits per heavy atom. The van der Waals surface area contributed by atoms with E-state index in [1.807, 2.05) is 17.2 Å². The summed E-state index contributed by atoms with van der Waals surface area (Å²) in [5, 5.41) is 3.83. The van der Waals surface area contributed by atoms with E-state index in [0.29, 0.717) is 27.5 Å². The number of carbonyl (C=O) groups is 1. The number of halogens is 2. The third-order valence-electron chi connectivity index (χ3n) is 6.36. The van der Waals surface area contributed by atoms with Crippen molar-refractivity contribution in [2.75, 3.05) is 58.2 Å². The van der Waals surface area contributed by atoms with E-state index in [0.717, 1.165) is 52.4 Å². The molecule has 7 nitrogen and oxygen atoms in total. The molecule has 2 saturated heterocycles. The molecule has 1 aromatic carbocycles. The normalized spacial score (nSPS) is 20.0. The number of likely N-dealkylation sites (tertiary alicyclic amines) is 1. The van der Waals surface area contributed by atoms with Gasteiger partial charge < -0.3 is 15.0 Å². The number of hydrogen-bond acceptors (Lipinski definition) is 5. The number of nitrogens with one attached hydrogen (secondary N) is 1. The number of aromatic nitrogens is 1. The summed E-state index contributed by atoms with van der Waals surface area (Å²) in [5.41, 5.74) is 1.88. The molecular weight excluding hydrogens is 461 g/mol. The van der Waals surface area contributed by atoms with Crippen LogP contribution in [0.4, 0.5) is 10.5 Å². The van der Waals surface area contributed by atoms with Crippen molar-refractivity contribution >= 4 is 34.9 Å². The monoisotopic (exact) mass is 491 g/mol. The van der Waals surface area contributed by atoms with Gasteiger partial charge in [0.2, 0.25) is 5.88 Å². The van der Waals surface area contributed by atoms with Gasteiger partial charge in [-0.15, -0.1) is 0 Å². The average molecular weight is 492 g/mol. The third-order valence-corrected chi connectivity index (χ3v) is 7.10. The highest BCUT2D eigenvalue weighted by Crippen LogP contribution is 2.25. The van der Waals surface area contributed by atoms with E-state index in [9.17, 15) is 4.79 Å². The average Bonchev–Trinajstić information content (AvgIpc) is 2.83. The number of carbonyl (C=O) groups excluding carboxylic acids is 1. The Bertz CT molecular complexity index is 935. The number of anilines is 1. The van der Waals surface area contributed by atoms with E-state index in [1.54, 1.807) is 25.3 Å². The molecule has 33 heavy (non-hydrogen) atoms. The zero-order valence-corrected chi connectivity index (χ0v) is 20.5. The number of methoxy groups -OCH3 is 1. The summed E-state index contributed by atoms with van der Waals surface area (Å²) >= 11 is 12.0. The van der Waals surface area contributed by atoms with Crippen molar-refractivity contribution in [1.82, 2.24) is 19.7 Å². The predicted molar refractivity (Wildman–Crippen MR) is 132 cm³/mol. The second kappa shape index (κ2) is 11.4. The van der Waals surface area contributed by atoms with Crippen molar-refractivity contribution in [3.05, 3.63) is 52.1 Å². The number of piperidine rings is 1. The topological polar surface area (TPSA) is 60.9 Å². The maximum Gasteiger partial charge on any atom is 0.321 e. The Morgan fingerprint density at radius 2 is 1.91 bits per heavy atom. The summed E-state index contributed by atoms with van der Waals surface area (Å²) in [4.78, 5) is 23.8. The molecule has 0 bridgehead atoms. The van der Waals surface area contributed by atoms with Crippen LogP contribution < -0.4 is 10.1 Å². The molecule has 0 saturated carbocycles. The minimum atomic E-state index is -0.0926. The lowest BCUT2D eigenvalue weighted by atomic mass is 9.96. The Morgan fingerprint density at radius 1 is 1.09 bits per heavy atom. The van der Waals surface area contributed by atoms with Crippen LogP contribution in [0.2, 0.25) is 10.0 Å². The summed E-state index contributed by atoms with van der Waals surface area (Å²) in [7, 11) is 1.64. The van der Waals surface area contributed by atoms with Gasteiger partial charge in [0.15, 0.2) is 0 Å². The van der Waals surface area contributed by atoms with Crippen molar-refractivity contribution in [2.45, 2.75) is 19.4 Å². The second-order valence-corrected chi connectivity index (χ2v) is 9.61. The Balaban J connectivity index is 1.21. The molecule has 178 valence electrons. The van der Waals surface area contributed by atoms with E-state index in [4.69, 9.17) is 27.9 Å². The quantitative estimate of drug-likeness (QED) is 0.646. The van der Waals surface area contributed by atoms with Crippen molar-refractivity contribution in [3.8, 4) is 5.88 Å². The molecule has 1 atom stereocenters. The number of benzene rings is 1. The highest BCUT2D eigenvalue weighted by atomic mass is 35.5. The van der Waals surface area contributed by atoms with Gasteiger partial charge in [-0.3, -0.25) is 9.80 Å². The Kier molecular flexibility index (Phi) is 8.30. The molecule has 2 fully saturated rings. The fourth-order valence-corrected chi connectivity index (χ4v) is 4.90. The van der Waals surface area contributed by atoms with Crippen LogP contribution in [0.5, 0.6) is 5.88 Å². The van der Waals surface area contributed by atoms with Crippen LogP contribution in [-0.2, 0) is 6.54 Å². The molecule has 3 heterocycles. The molecule has 4 rings (SSSR count). The lowest BCUT2D eigenvalue weighted by Crippen LogP contribution is -2.52. The first kappa shape index (κ1) is 24.1. The van der Waals surface area contributed by atoms with Gasteiger partial charge in [-0.05, 0) is 49.1 Å². The predicted octanol–water partition coefficient (Wildman–Crippen LogP) is 4.46. The molecule has 9 heteroatoms. The van der Waals surface area contributed by atoms with Crippen LogP contribution in [-0.4, -0.2) is 78.6 Å². The van der Waals surface area contributed by atoms with Gasteiger partial charge >= 0.3 is 6.03 Å². The fraction of sp³-hybridized carbons (Fsp3) is 0.500. The minimum absolute atomic E-state index is 0.0926. The zero-order valence-electron chi connectivity index (χ0n) is 19.0. The highest BCUT2D eigenvalue weighted by Gasteiger charge is 2.26.